The number of esters is 1. The molecule has 18 heavy (non-hydrogen) atoms. The lowest BCUT2D eigenvalue weighted by Crippen LogP contribution is -2.10. The quantitative estimate of drug-likeness (QED) is 0.832. The molecule has 0 radical (unpaired) electrons. The Kier molecular flexibility index (Phi) is 3.52. The van der Waals surface area contributed by atoms with Crippen LogP contribution in [-0.4, -0.2) is 22.5 Å². The fourth-order valence-corrected chi connectivity index (χ4v) is 1.54. The number of ether oxygens (including phenoxy) is 1. The maximum absolute atomic E-state index is 11.5. The maximum Gasteiger partial charge on any atom is 0.338 e. The zero-order valence-electron chi connectivity index (χ0n) is 9.84. The summed E-state index contributed by atoms with van der Waals surface area (Å²) in [6.07, 6.45) is 2.98. The number of carbonyl (C=O) groups is 1. The Morgan fingerprint density at radius 2 is 2.06 bits per heavy atom. The molecule has 0 amide bonds. The van der Waals surface area contributed by atoms with Gasteiger partial charge < -0.3 is 9.72 Å². The lowest BCUT2D eigenvalue weighted by molar-refractivity contribution is 0.0526. The minimum atomic E-state index is -0.376. The third kappa shape index (κ3) is 2.45. The first-order valence-electron chi connectivity index (χ1n) is 5.53. The second-order valence-electron chi connectivity index (χ2n) is 3.56. The van der Waals surface area contributed by atoms with Crippen molar-refractivity contribution in [3.63, 3.8) is 0 Å². The summed E-state index contributed by atoms with van der Waals surface area (Å²) in [6, 6.07) is 6.57. The van der Waals surface area contributed by atoms with Crippen molar-refractivity contribution in [3.8, 4) is 11.3 Å². The van der Waals surface area contributed by atoms with Crippen LogP contribution in [-0.2, 0) is 4.74 Å². The van der Waals surface area contributed by atoms with Crippen LogP contribution in [0.4, 0.5) is 0 Å². The van der Waals surface area contributed by atoms with E-state index in [2.05, 4.69) is 9.97 Å². The number of aromatic nitrogens is 2. The number of H-pyrrole nitrogens is 1. The summed E-state index contributed by atoms with van der Waals surface area (Å²) in [6.45, 7) is 2.08. The highest BCUT2D eigenvalue weighted by Gasteiger charge is 2.08. The third-order valence-corrected chi connectivity index (χ3v) is 2.38. The second-order valence-corrected chi connectivity index (χ2v) is 3.56. The minimum absolute atomic E-state index is 0.263. The standard InChI is InChI=1S/C13H12N2O3/c1-2-18-13(17)10-5-3-9(4-6-10)11-12(16)15-8-7-14-11/h3-8H,2H2,1H3,(H,15,16). The third-order valence-electron chi connectivity index (χ3n) is 2.38. The molecule has 2 aromatic rings. The van der Waals surface area contributed by atoms with E-state index in [1.165, 1.54) is 12.4 Å². The summed E-state index contributed by atoms with van der Waals surface area (Å²) >= 11 is 0. The van der Waals surface area contributed by atoms with E-state index in [0.717, 1.165) is 0 Å². The summed E-state index contributed by atoms with van der Waals surface area (Å²) in [5.74, 6) is -0.376. The molecular weight excluding hydrogens is 232 g/mol. The van der Waals surface area contributed by atoms with Crippen molar-refractivity contribution in [2.75, 3.05) is 6.61 Å². The van der Waals surface area contributed by atoms with Crippen LogP contribution in [0.25, 0.3) is 11.3 Å². The average Bonchev–Trinajstić information content (AvgIpc) is 2.40. The van der Waals surface area contributed by atoms with Crippen LogP contribution in [0, 0.1) is 0 Å². The van der Waals surface area contributed by atoms with Gasteiger partial charge in [0, 0.05) is 18.0 Å². The van der Waals surface area contributed by atoms with Gasteiger partial charge in [-0.15, -0.1) is 0 Å². The van der Waals surface area contributed by atoms with Gasteiger partial charge >= 0.3 is 5.97 Å². The smallest absolute Gasteiger partial charge is 0.338 e. The molecule has 1 heterocycles. The highest BCUT2D eigenvalue weighted by atomic mass is 16.5. The molecule has 0 aliphatic carbocycles. The molecule has 0 unspecified atom stereocenters. The van der Waals surface area contributed by atoms with E-state index in [1.54, 1.807) is 31.2 Å². The number of nitrogens with zero attached hydrogens (tertiary/aromatic N) is 1. The van der Waals surface area contributed by atoms with E-state index in [9.17, 15) is 9.59 Å². The van der Waals surface area contributed by atoms with Crippen molar-refractivity contribution >= 4 is 5.97 Å². The predicted octanol–water partition coefficient (Wildman–Crippen LogP) is 1.61. The van der Waals surface area contributed by atoms with E-state index in [4.69, 9.17) is 4.74 Å². The summed E-state index contributed by atoms with van der Waals surface area (Å²) in [7, 11) is 0. The van der Waals surface area contributed by atoms with E-state index in [0.29, 0.717) is 23.4 Å². The molecule has 0 saturated carbocycles. The summed E-state index contributed by atoms with van der Waals surface area (Å²) in [4.78, 5) is 29.5. The van der Waals surface area contributed by atoms with Gasteiger partial charge in [-0.2, -0.15) is 0 Å². The van der Waals surface area contributed by atoms with Gasteiger partial charge in [-0.1, -0.05) is 12.1 Å². The van der Waals surface area contributed by atoms with Crippen LogP contribution >= 0.6 is 0 Å². The second kappa shape index (κ2) is 5.27. The Hall–Kier alpha value is -2.43. The number of rotatable bonds is 3. The highest BCUT2D eigenvalue weighted by Crippen LogP contribution is 2.14. The van der Waals surface area contributed by atoms with E-state index in [1.807, 2.05) is 0 Å². The fourth-order valence-electron chi connectivity index (χ4n) is 1.54. The van der Waals surface area contributed by atoms with Crippen LogP contribution < -0.4 is 5.56 Å². The normalized spacial score (nSPS) is 10.1. The number of carbonyl (C=O) groups excluding carboxylic acids is 1. The molecule has 0 spiro atoms. The number of aromatic amines is 1. The lowest BCUT2D eigenvalue weighted by atomic mass is 10.1. The molecule has 1 aromatic heterocycles. The molecule has 0 bridgehead atoms. The first-order chi connectivity index (χ1) is 8.72. The number of nitrogens with one attached hydrogen (secondary N) is 1. The number of hydrogen-bond acceptors (Lipinski definition) is 4. The predicted molar refractivity (Wildman–Crippen MR) is 66.3 cm³/mol. The molecule has 2 rings (SSSR count). The minimum Gasteiger partial charge on any atom is -0.462 e. The van der Waals surface area contributed by atoms with Crippen LogP contribution in [0.2, 0.25) is 0 Å². The molecule has 0 aliphatic rings. The monoisotopic (exact) mass is 244 g/mol. The number of benzene rings is 1. The number of hydrogen-bond donors (Lipinski definition) is 1. The Morgan fingerprint density at radius 1 is 1.33 bits per heavy atom. The maximum atomic E-state index is 11.5. The average molecular weight is 244 g/mol. The molecule has 5 nitrogen and oxygen atoms in total. The largest absolute Gasteiger partial charge is 0.462 e. The molecule has 92 valence electrons. The van der Waals surface area contributed by atoms with Gasteiger partial charge in [-0.05, 0) is 19.1 Å². The summed E-state index contributed by atoms with van der Waals surface area (Å²) in [5.41, 5.74) is 1.17. The molecule has 5 heteroatoms. The Bertz CT molecular complexity index is 602. The molecule has 0 atom stereocenters. The van der Waals surface area contributed by atoms with E-state index >= 15 is 0 Å². The first kappa shape index (κ1) is 12.0. The molecular formula is C13H12N2O3. The SMILES string of the molecule is CCOC(=O)c1ccc(-c2ncc[nH]c2=O)cc1. The van der Waals surface area contributed by atoms with Gasteiger partial charge in [-0.3, -0.25) is 4.79 Å². The van der Waals surface area contributed by atoms with Gasteiger partial charge in [0.1, 0.15) is 5.69 Å². The van der Waals surface area contributed by atoms with Crippen molar-refractivity contribution in [3.05, 3.63) is 52.6 Å². The highest BCUT2D eigenvalue weighted by molar-refractivity contribution is 5.89. The molecule has 0 aliphatic heterocycles. The van der Waals surface area contributed by atoms with Gasteiger partial charge in [0.2, 0.25) is 0 Å². The van der Waals surface area contributed by atoms with Gasteiger partial charge in [0.25, 0.3) is 5.56 Å². The van der Waals surface area contributed by atoms with E-state index < -0.39 is 0 Å². The zero-order valence-corrected chi connectivity index (χ0v) is 9.84. The van der Waals surface area contributed by atoms with Crippen LogP contribution in [0.5, 0.6) is 0 Å². The summed E-state index contributed by atoms with van der Waals surface area (Å²) in [5, 5.41) is 0. The van der Waals surface area contributed by atoms with Crippen LogP contribution in [0.15, 0.2) is 41.5 Å². The van der Waals surface area contributed by atoms with Crippen molar-refractivity contribution < 1.29 is 9.53 Å². The Labute approximate surface area is 103 Å². The van der Waals surface area contributed by atoms with Crippen molar-refractivity contribution in [1.29, 1.82) is 0 Å². The topological polar surface area (TPSA) is 72.0 Å². The van der Waals surface area contributed by atoms with Gasteiger partial charge in [0.15, 0.2) is 0 Å². The van der Waals surface area contributed by atoms with Crippen molar-refractivity contribution in [2.24, 2.45) is 0 Å². The van der Waals surface area contributed by atoms with Gasteiger partial charge in [-0.25, -0.2) is 9.78 Å². The van der Waals surface area contributed by atoms with Crippen molar-refractivity contribution in [1.82, 2.24) is 9.97 Å². The van der Waals surface area contributed by atoms with Gasteiger partial charge in [0.05, 0.1) is 12.2 Å². The first-order valence-corrected chi connectivity index (χ1v) is 5.53. The molecule has 1 N–H and O–H groups in total. The van der Waals surface area contributed by atoms with Crippen LogP contribution in [0.3, 0.4) is 0 Å². The van der Waals surface area contributed by atoms with Crippen LogP contribution in [0.1, 0.15) is 17.3 Å². The lowest BCUT2D eigenvalue weighted by Gasteiger charge is -2.03. The Morgan fingerprint density at radius 3 is 2.67 bits per heavy atom. The Balaban J connectivity index is 2.31. The van der Waals surface area contributed by atoms with Crippen molar-refractivity contribution in [2.45, 2.75) is 6.92 Å². The fraction of sp³-hybridized carbons (Fsp3) is 0.154. The van der Waals surface area contributed by atoms with E-state index in [-0.39, 0.29) is 11.5 Å². The molecule has 1 aromatic carbocycles. The summed E-state index contributed by atoms with van der Waals surface area (Å²) < 4.78 is 4.87. The molecule has 0 fully saturated rings. The zero-order chi connectivity index (χ0) is 13.0. The molecule has 0 saturated heterocycles.